The van der Waals surface area contributed by atoms with Crippen molar-refractivity contribution in [2.45, 2.75) is 37.4 Å². The lowest BCUT2D eigenvalue weighted by Crippen LogP contribution is -2.40. The van der Waals surface area contributed by atoms with Crippen molar-refractivity contribution in [3.63, 3.8) is 0 Å². The van der Waals surface area contributed by atoms with E-state index in [9.17, 15) is 19.4 Å². The molecule has 2 unspecified atom stereocenters. The summed E-state index contributed by atoms with van der Waals surface area (Å²) in [6, 6.07) is 9.88. The number of nitrogens with zero attached hydrogens (tertiary/aromatic N) is 1. The van der Waals surface area contributed by atoms with Gasteiger partial charge in [0.25, 0.3) is 0 Å². The first-order valence-corrected chi connectivity index (χ1v) is 10.3. The standard InChI is InChI=1S/C17H27N2O4P/c18-10-5-4-8-17(16(20)21)9-11-19(12-13-24(17,22)23)14-15-6-2-1-3-7-15/h1-3,6-7H,4-5,8-14,18H2,(H,20,21)(H,22,23). The average molecular weight is 354 g/mol. The first-order valence-electron chi connectivity index (χ1n) is 8.43. The Kier molecular flexibility index (Phi) is 6.58. The summed E-state index contributed by atoms with van der Waals surface area (Å²) < 4.78 is 12.9. The molecule has 0 aliphatic carbocycles. The van der Waals surface area contributed by atoms with Gasteiger partial charge < -0.3 is 15.7 Å². The van der Waals surface area contributed by atoms with Crippen molar-refractivity contribution in [3.05, 3.63) is 35.9 Å². The zero-order valence-corrected chi connectivity index (χ0v) is 14.8. The molecule has 24 heavy (non-hydrogen) atoms. The Balaban J connectivity index is 2.15. The van der Waals surface area contributed by atoms with Crippen LogP contribution in [0, 0.1) is 0 Å². The number of hydrogen-bond acceptors (Lipinski definition) is 4. The number of carbonyl (C=O) groups is 1. The minimum absolute atomic E-state index is 0.0226. The van der Waals surface area contributed by atoms with E-state index in [1.807, 2.05) is 30.3 Å². The number of unbranched alkanes of at least 4 members (excludes halogenated alkanes) is 1. The van der Waals surface area contributed by atoms with Gasteiger partial charge in [0.05, 0.1) is 0 Å². The monoisotopic (exact) mass is 354 g/mol. The molecule has 6 nitrogen and oxygen atoms in total. The van der Waals surface area contributed by atoms with Gasteiger partial charge >= 0.3 is 5.97 Å². The van der Waals surface area contributed by atoms with Crippen LogP contribution in [0.25, 0.3) is 0 Å². The third kappa shape index (κ3) is 4.25. The third-order valence-electron chi connectivity index (χ3n) is 4.92. The lowest BCUT2D eigenvalue weighted by Gasteiger charge is -2.32. The smallest absolute Gasteiger partial charge is 0.319 e. The fourth-order valence-corrected chi connectivity index (χ4v) is 5.58. The maximum absolute atomic E-state index is 12.9. The first-order chi connectivity index (χ1) is 11.4. The highest BCUT2D eigenvalue weighted by Crippen LogP contribution is 2.59. The Bertz CT molecular complexity index is 596. The fourth-order valence-electron chi connectivity index (χ4n) is 3.35. The second kappa shape index (κ2) is 8.26. The van der Waals surface area contributed by atoms with Crippen LogP contribution in [0.5, 0.6) is 0 Å². The van der Waals surface area contributed by atoms with Crippen molar-refractivity contribution in [3.8, 4) is 0 Å². The van der Waals surface area contributed by atoms with Gasteiger partial charge in [-0.05, 0) is 31.4 Å². The largest absolute Gasteiger partial charge is 0.480 e. The van der Waals surface area contributed by atoms with Crippen molar-refractivity contribution in [1.29, 1.82) is 0 Å². The van der Waals surface area contributed by atoms with E-state index in [2.05, 4.69) is 4.90 Å². The lowest BCUT2D eigenvalue weighted by atomic mass is 9.96. The zero-order valence-electron chi connectivity index (χ0n) is 13.9. The highest BCUT2D eigenvalue weighted by Gasteiger charge is 2.54. The molecule has 0 aromatic heterocycles. The molecular formula is C17H27N2O4P. The predicted molar refractivity (Wildman–Crippen MR) is 94.3 cm³/mol. The molecule has 1 saturated heterocycles. The summed E-state index contributed by atoms with van der Waals surface area (Å²) in [6.07, 6.45) is 1.67. The average Bonchev–Trinajstić information content (AvgIpc) is 2.67. The van der Waals surface area contributed by atoms with Gasteiger partial charge in [0.1, 0.15) is 5.16 Å². The molecule has 1 aromatic carbocycles. The summed E-state index contributed by atoms with van der Waals surface area (Å²) in [5.41, 5.74) is 6.60. The molecule has 2 atom stereocenters. The van der Waals surface area contributed by atoms with Crippen LogP contribution in [0.3, 0.4) is 0 Å². The van der Waals surface area contributed by atoms with Gasteiger partial charge in [-0.25, -0.2) is 0 Å². The second-order valence-corrected chi connectivity index (χ2v) is 9.23. The zero-order chi connectivity index (χ0) is 17.6. The van der Waals surface area contributed by atoms with Crippen LogP contribution in [-0.2, 0) is 15.9 Å². The van der Waals surface area contributed by atoms with Gasteiger partial charge in [-0.2, -0.15) is 0 Å². The van der Waals surface area contributed by atoms with Crippen molar-refractivity contribution < 1.29 is 19.4 Å². The summed E-state index contributed by atoms with van der Waals surface area (Å²) in [6.45, 7) is 2.08. The first kappa shape index (κ1) is 19.1. The number of benzene rings is 1. The van der Waals surface area contributed by atoms with E-state index in [-0.39, 0.29) is 19.0 Å². The number of carboxylic acids is 1. The minimum Gasteiger partial charge on any atom is -0.480 e. The van der Waals surface area contributed by atoms with E-state index in [0.29, 0.717) is 39.0 Å². The van der Waals surface area contributed by atoms with Gasteiger partial charge in [-0.15, -0.1) is 0 Å². The quantitative estimate of drug-likeness (QED) is 0.512. The maximum Gasteiger partial charge on any atom is 0.319 e. The molecule has 2 rings (SSSR count). The normalized spacial score (nSPS) is 28.4. The Morgan fingerprint density at radius 2 is 1.96 bits per heavy atom. The molecule has 7 heteroatoms. The minimum atomic E-state index is -3.79. The topological polar surface area (TPSA) is 104 Å². The van der Waals surface area contributed by atoms with Crippen molar-refractivity contribution >= 4 is 13.3 Å². The number of hydrogen-bond donors (Lipinski definition) is 3. The van der Waals surface area contributed by atoms with E-state index < -0.39 is 18.5 Å². The molecule has 0 bridgehead atoms. The number of nitrogens with two attached hydrogens (primary N) is 1. The Morgan fingerprint density at radius 3 is 2.58 bits per heavy atom. The molecule has 1 aliphatic heterocycles. The Morgan fingerprint density at radius 1 is 1.25 bits per heavy atom. The van der Waals surface area contributed by atoms with Crippen LogP contribution in [0.15, 0.2) is 30.3 Å². The Labute approximate surface area is 143 Å². The molecule has 0 amide bonds. The SMILES string of the molecule is NCCCCC1(C(=O)O)CCN(Cc2ccccc2)CCP1(=O)O. The van der Waals surface area contributed by atoms with Crippen molar-refractivity contribution in [1.82, 2.24) is 4.90 Å². The molecule has 1 aliphatic rings. The van der Waals surface area contributed by atoms with E-state index in [1.54, 1.807) is 0 Å². The van der Waals surface area contributed by atoms with Gasteiger partial charge in [0.15, 0.2) is 0 Å². The van der Waals surface area contributed by atoms with Crippen LogP contribution in [0.1, 0.15) is 31.2 Å². The molecule has 1 heterocycles. The highest BCUT2D eigenvalue weighted by molar-refractivity contribution is 7.60. The van der Waals surface area contributed by atoms with Crippen molar-refractivity contribution in [2.75, 3.05) is 25.8 Å². The van der Waals surface area contributed by atoms with E-state index in [4.69, 9.17) is 5.73 Å². The summed E-state index contributed by atoms with van der Waals surface area (Å²) in [5, 5.41) is 8.21. The summed E-state index contributed by atoms with van der Waals surface area (Å²) >= 11 is 0. The third-order valence-corrected chi connectivity index (χ3v) is 7.70. The molecule has 134 valence electrons. The Hall–Kier alpha value is -1.20. The highest BCUT2D eigenvalue weighted by atomic mass is 31.2. The number of aliphatic carboxylic acids is 1. The molecule has 4 N–H and O–H groups in total. The van der Waals surface area contributed by atoms with Gasteiger partial charge in [0, 0.05) is 25.8 Å². The fraction of sp³-hybridized carbons (Fsp3) is 0.588. The van der Waals surface area contributed by atoms with E-state index in [0.717, 1.165) is 5.56 Å². The molecule has 1 aromatic rings. The van der Waals surface area contributed by atoms with E-state index in [1.165, 1.54) is 0 Å². The van der Waals surface area contributed by atoms with Gasteiger partial charge in [-0.3, -0.25) is 14.3 Å². The molecule has 0 saturated carbocycles. The summed E-state index contributed by atoms with van der Waals surface area (Å²) in [4.78, 5) is 24.5. The van der Waals surface area contributed by atoms with Gasteiger partial charge in [0.2, 0.25) is 7.37 Å². The summed E-state index contributed by atoms with van der Waals surface area (Å²) in [7, 11) is -3.79. The van der Waals surface area contributed by atoms with Crippen LogP contribution in [0.2, 0.25) is 0 Å². The predicted octanol–water partition coefficient (Wildman–Crippen LogP) is 2.12. The van der Waals surface area contributed by atoms with Gasteiger partial charge in [-0.1, -0.05) is 36.8 Å². The lowest BCUT2D eigenvalue weighted by molar-refractivity contribution is -0.141. The van der Waals surface area contributed by atoms with Crippen LogP contribution in [-0.4, -0.2) is 51.8 Å². The van der Waals surface area contributed by atoms with Crippen LogP contribution < -0.4 is 5.73 Å². The maximum atomic E-state index is 12.9. The van der Waals surface area contributed by atoms with Crippen molar-refractivity contribution in [2.24, 2.45) is 5.73 Å². The number of rotatable bonds is 7. The number of carboxylic acid groups (broad SMARTS) is 1. The summed E-state index contributed by atoms with van der Waals surface area (Å²) in [5.74, 6) is -1.15. The molecular weight excluding hydrogens is 327 g/mol. The second-order valence-electron chi connectivity index (χ2n) is 6.52. The molecule has 1 fully saturated rings. The molecule has 0 radical (unpaired) electrons. The van der Waals surface area contributed by atoms with Crippen LogP contribution in [0.4, 0.5) is 0 Å². The molecule has 0 spiro atoms. The van der Waals surface area contributed by atoms with E-state index >= 15 is 0 Å². The van der Waals surface area contributed by atoms with Crippen LogP contribution >= 0.6 is 7.37 Å².